The van der Waals surface area contributed by atoms with Gasteiger partial charge in [-0.1, -0.05) is 36.4 Å². The first-order valence-electron chi connectivity index (χ1n) is 9.59. The fourth-order valence-corrected chi connectivity index (χ4v) is 3.43. The molecule has 6 nitrogen and oxygen atoms in total. The first-order valence-corrected chi connectivity index (χ1v) is 9.59. The molecule has 0 aliphatic rings. The molecule has 1 heterocycles. The number of benzene rings is 3. The van der Waals surface area contributed by atoms with Crippen molar-refractivity contribution >= 4 is 50.7 Å². The van der Waals surface area contributed by atoms with Crippen molar-refractivity contribution in [3.63, 3.8) is 0 Å². The second-order valence-electron chi connectivity index (χ2n) is 7.03. The molecule has 0 aliphatic carbocycles. The van der Waals surface area contributed by atoms with Crippen LogP contribution < -0.4 is 10.6 Å². The van der Waals surface area contributed by atoms with Crippen LogP contribution in [0.2, 0.25) is 0 Å². The number of ether oxygens (including phenoxy) is 1. The third-order valence-corrected chi connectivity index (χ3v) is 4.61. The van der Waals surface area contributed by atoms with E-state index in [1.807, 2.05) is 60.7 Å². The van der Waals surface area contributed by atoms with Gasteiger partial charge in [-0.2, -0.15) is 0 Å². The predicted molar refractivity (Wildman–Crippen MR) is 119 cm³/mol. The van der Waals surface area contributed by atoms with Crippen molar-refractivity contribution in [2.24, 2.45) is 0 Å². The first kappa shape index (κ1) is 19.4. The van der Waals surface area contributed by atoms with Crippen molar-refractivity contribution in [3.05, 3.63) is 72.3 Å². The van der Waals surface area contributed by atoms with E-state index in [4.69, 9.17) is 9.72 Å². The van der Waals surface area contributed by atoms with Gasteiger partial charge in [0.05, 0.1) is 16.7 Å². The lowest BCUT2D eigenvalue weighted by Gasteiger charge is -2.16. The summed E-state index contributed by atoms with van der Waals surface area (Å²) in [5.74, 6) is -0.536. The van der Waals surface area contributed by atoms with Crippen LogP contribution in [0, 0.1) is 0 Å². The Balaban J connectivity index is 1.82. The molecule has 3 aromatic carbocycles. The highest BCUT2D eigenvalue weighted by atomic mass is 16.5. The zero-order chi connectivity index (χ0) is 21.1. The molecule has 4 rings (SSSR count). The van der Waals surface area contributed by atoms with Gasteiger partial charge in [0.25, 0.3) is 0 Å². The topological polar surface area (TPSA) is 80.3 Å². The molecule has 150 valence electrons. The van der Waals surface area contributed by atoms with Gasteiger partial charge in [0, 0.05) is 36.0 Å². The van der Waals surface area contributed by atoms with E-state index in [2.05, 4.69) is 10.6 Å². The third-order valence-electron chi connectivity index (χ3n) is 4.61. The number of carbonyl (C=O) groups is 2. The number of fused-ring (bicyclic) bond motifs is 2. The Bertz CT molecular complexity index is 1210. The smallest absolute Gasteiger partial charge is 0.302 e. The Kier molecular flexibility index (Phi) is 5.30. The van der Waals surface area contributed by atoms with Crippen LogP contribution in [-0.4, -0.2) is 16.9 Å². The second kappa shape index (κ2) is 8.21. The highest BCUT2D eigenvalue weighted by Gasteiger charge is 2.11. The number of pyridine rings is 1. The van der Waals surface area contributed by atoms with Gasteiger partial charge in [-0.3, -0.25) is 9.59 Å². The van der Waals surface area contributed by atoms with Gasteiger partial charge in [0.15, 0.2) is 0 Å². The number of aromatic nitrogens is 1. The number of amides is 1. The summed E-state index contributed by atoms with van der Waals surface area (Å²) >= 11 is 0. The molecule has 0 saturated carbocycles. The third kappa shape index (κ3) is 4.22. The lowest BCUT2D eigenvalue weighted by atomic mass is 10.1. The zero-order valence-corrected chi connectivity index (χ0v) is 16.7. The van der Waals surface area contributed by atoms with Crippen molar-refractivity contribution in [2.75, 3.05) is 10.6 Å². The normalized spacial score (nSPS) is 10.7. The van der Waals surface area contributed by atoms with Crippen LogP contribution in [0.3, 0.4) is 0 Å². The average molecular weight is 399 g/mol. The molecule has 1 aromatic heterocycles. The molecule has 1 amide bonds. The average Bonchev–Trinajstić information content (AvgIpc) is 2.71. The molecule has 0 fully saturated rings. The molecule has 0 radical (unpaired) electrons. The van der Waals surface area contributed by atoms with Crippen molar-refractivity contribution in [1.29, 1.82) is 0 Å². The second-order valence-corrected chi connectivity index (χ2v) is 7.03. The minimum absolute atomic E-state index is 0.120. The van der Waals surface area contributed by atoms with E-state index in [1.54, 1.807) is 6.07 Å². The minimum Gasteiger partial charge on any atom is -0.461 e. The Morgan fingerprint density at radius 3 is 2.07 bits per heavy atom. The summed E-state index contributed by atoms with van der Waals surface area (Å²) in [5, 5.41) is 8.28. The molecular formula is C24H21N3O3. The van der Waals surface area contributed by atoms with E-state index in [-0.39, 0.29) is 18.5 Å². The molecule has 0 atom stereocenters. The van der Waals surface area contributed by atoms with E-state index < -0.39 is 0 Å². The summed E-state index contributed by atoms with van der Waals surface area (Å²) in [5.41, 5.74) is 4.85. The van der Waals surface area contributed by atoms with Gasteiger partial charge in [-0.05, 0) is 35.9 Å². The molecular weight excluding hydrogens is 378 g/mol. The maximum absolute atomic E-state index is 11.6. The summed E-state index contributed by atoms with van der Waals surface area (Å²) in [6.45, 7) is 2.94. The molecule has 0 bridgehead atoms. The monoisotopic (exact) mass is 399 g/mol. The highest BCUT2D eigenvalue weighted by molar-refractivity contribution is 6.08. The van der Waals surface area contributed by atoms with E-state index >= 15 is 0 Å². The number of para-hydroxylation sites is 2. The highest BCUT2D eigenvalue weighted by Crippen LogP contribution is 2.34. The quantitative estimate of drug-likeness (QED) is 0.358. The summed E-state index contributed by atoms with van der Waals surface area (Å²) < 4.78 is 5.14. The maximum atomic E-state index is 11.6. The zero-order valence-electron chi connectivity index (χ0n) is 16.7. The van der Waals surface area contributed by atoms with Crippen LogP contribution in [0.4, 0.5) is 17.1 Å². The fourth-order valence-electron chi connectivity index (χ4n) is 3.43. The van der Waals surface area contributed by atoms with Crippen LogP contribution in [0.15, 0.2) is 66.7 Å². The number of nitrogens with zero attached hydrogens (tertiary/aromatic N) is 1. The van der Waals surface area contributed by atoms with Crippen molar-refractivity contribution in [2.45, 2.75) is 20.5 Å². The molecule has 30 heavy (non-hydrogen) atoms. The number of hydrogen-bond acceptors (Lipinski definition) is 5. The Morgan fingerprint density at radius 2 is 1.47 bits per heavy atom. The van der Waals surface area contributed by atoms with Crippen LogP contribution in [0.5, 0.6) is 0 Å². The summed E-state index contributed by atoms with van der Waals surface area (Å²) in [7, 11) is 0. The maximum Gasteiger partial charge on any atom is 0.302 e. The molecule has 2 N–H and O–H groups in total. The van der Waals surface area contributed by atoms with Crippen molar-refractivity contribution in [3.8, 4) is 0 Å². The van der Waals surface area contributed by atoms with Gasteiger partial charge in [0.2, 0.25) is 5.91 Å². The Morgan fingerprint density at radius 1 is 0.867 bits per heavy atom. The van der Waals surface area contributed by atoms with E-state index in [0.29, 0.717) is 5.69 Å². The van der Waals surface area contributed by atoms with Gasteiger partial charge >= 0.3 is 5.97 Å². The predicted octanol–water partition coefficient (Wildman–Crippen LogP) is 5.15. The standard InChI is InChI=1S/C24H21N3O3/c1-15(28)25-18-11-17(14-30-16(2)29)12-19(13-18)26-24-20-7-3-5-9-22(20)27-23-10-6-4-8-21(23)24/h3-13H,14H2,1-2H3,(H,25,28)(H,26,27). The van der Waals surface area contributed by atoms with Crippen LogP contribution in [-0.2, 0) is 20.9 Å². The number of esters is 1. The minimum atomic E-state index is -0.361. The number of carbonyl (C=O) groups excluding carboxylic acids is 2. The van der Waals surface area contributed by atoms with Gasteiger partial charge in [0.1, 0.15) is 6.61 Å². The molecule has 6 heteroatoms. The summed E-state index contributed by atoms with van der Waals surface area (Å²) in [6, 6.07) is 21.4. The molecule has 0 aliphatic heterocycles. The van der Waals surface area contributed by atoms with Crippen molar-refractivity contribution < 1.29 is 14.3 Å². The Labute approximate surface area is 173 Å². The number of rotatable bonds is 5. The van der Waals surface area contributed by atoms with Gasteiger partial charge in [-0.15, -0.1) is 0 Å². The van der Waals surface area contributed by atoms with E-state index in [0.717, 1.165) is 38.7 Å². The number of nitrogens with one attached hydrogen (secondary N) is 2. The largest absolute Gasteiger partial charge is 0.461 e. The van der Waals surface area contributed by atoms with E-state index in [1.165, 1.54) is 13.8 Å². The van der Waals surface area contributed by atoms with Gasteiger partial charge in [-0.25, -0.2) is 4.98 Å². The van der Waals surface area contributed by atoms with Gasteiger partial charge < -0.3 is 15.4 Å². The number of anilines is 3. The number of hydrogen-bond donors (Lipinski definition) is 2. The molecule has 0 spiro atoms. The Hall–Kier alpha value is -3.93. The summed E-state index contributed by atoms with van der Waals surface area (Å²) in [4.78, 5) is 27.6. The first-order chi connectivity index (χ1) is 14.5. The van der Waals surface area contributed by atoms with Crippen LogP contribution in [0.1, 0.15) is 19.4 Å². The molecule has 4 aromatic rings. The fraction of sp³-hybridized carbons (Fsp3) is 0.125. The van der Waals surface area contributed by atoms with Crippen LogP contribution in [0.25, 0.3) is 21.8 Å². The summed E-state index contributed by atoms with van der Waals surface area (Å²) in [6.07, 6.45) is 0. The SMILES string of the molecule is CC(=O)Nc1cc(COC(C)=O)cc(Nc2c3ccccc3nc3ccccc23)c1. The lowest BCUT2D eigenvalue weighted by Crippen LogP contribution is -2.07. The molecule has 0 unspecified atom stereocenters. The van der Waals surface area contributed by atoms with Crippen LogP contribution >= 0.6 is 0 Å². The molecule has 0 saturated heterocycles. The van der Waals surface area contributed by atoms with E-state index in [9.17, 15) is 9.59 Å². The van der Waals surface area contributed by atoms with Crippen molar-refractivity contribution in [1.82, 2.24) is 4.98 Å². The lowest BCUT2D eigenvalue weighted by molar-refractivity contribution is -0.142.